The van der Waals surface area contributed by atoms with Gasteiger partial charge < -0.3 is 9.80 Å². The van der Waals surface area contributed by atoms with Gasteiger partial charge in [-0.2, -0.15) is 41.2 Å². The van der Waals surface area contributed by atoms with Gasteiger partial charge in [0, 0.05) is 38.6 Å². The monoisotopic (exact) mass is 502 g/mol. The second-order valence-electron chi connectivity index (χ2n) is 7.08. The van der Waals surface area contributed by atoms with Gasteiger partial charge in [-0.3, -0.25) is 9.89 Å². The van der Waals surface area contributed by atoms with Gasteiger partial charge in [0.2, 0.25) is 0 Å². The van der Waals surface area contributed by atoms with Crippen LogP contribution in [0.3, 0.4) is 0 Å². The maximum atomic E-state index is 12.3. The number of H-pyrrole nitrogens is 1. The Hall–Kier alpha value is -2.77. The van der Waals surface area contributed by atoms with E-state index in [2.05, 4.69) is 15.3 Å². The lowest BCUT2D eigenvalue weighted by Crippen LogP contribution is -2.32. The molecule has 2 fully saturated rings. The molecule has 0 radical (unpaired) electrons. The molecule has 2 aromatic heterocycles. The summed E-state index contributed by atoms with van der Waals surface area (Å²) < 4.78 is 72.2. The molecule has 8 nitrogen and oxygen atoms in total. The van der Waals surface area contributed by atoms with Crippen LogP contribution >= 0.6 is 11.6 Å². The Labute approximate surface area is 189 Å². The van der Waals surface area contributed by atoms with Crippen LogP contribution in [0.2, 0.25) is 0 Å². The Morgan fingerprint density at radius 2 is 1.36 bits per heavy atom. The number of aromatic nitrogens is 4. The van der Waals surface area contributed by atoms with Crippen LogP contribution in [0, 0.1) is 0 Å². The fourth-order valence-electron chi connectivity index (χ4n) is 2.93. The average Bonchev–Trinajstić information content (AvgIpc) is 3.54. The van der Waals surface area contributed by atoms with E-state index in [-0.39, 0.29) is 5.37 Å². The first-order valence-electron chi connectivity index (χ1n) is 9.81. The van der Waals surface area contributed by atoms with Crippen molar-refractivity contribution in [2.45, 2.75) is 38.0 Å². The van der Waals surface area contributed by atoms with Crippen LogP contribution in [-0.4, -0.2) is 67.4 Å². The molecule has 2 aromatic rings. The van der Waals surface area contributed by atoms with Crippen molar-refractivity contribution in [2.24, 2.45) is 0 Å². The number of halogens is 7. The van der Waals surface area contributed by atoms with Gasteiger partial charge in [0.25, 0.3) is 0 Å². The summed E-state index contributed by atoms with van der Waals surface area (Å²) in [5.74, 6) is 0. The second kappa shape index (κ2) is 11.4. The van der Waals surface area contributed by atoms with E-state index in [0.29, 0.717) is 19.3 Å². The number of hydrogen-bond acceptors (Lipinski definition) is 4. The van der Waals surface area contributed by atoms with Crippen molar-refractivity contribution < 1.29 is 35.9 Å². The van der Waals surface area contributed by atoms with Gasteiger partial charge >= 0.3 is 23.8 Å². The number of rotatable bonds is 0. The molecule has 184 valence electrons. The normalized spacial score (nSPS) is 16.1. The van der Waals surface area contributed by atoms with Crippen LogP contribution in [0.25, 0.3) is 0 Å². The Morgan fingerprint density at radius 3 is 1.70 bits per heavy atom. The van der Waals surface area contributed by atoms with Crippen LogP contribution in [0.1, 0.15) is 36.8 Å². The highest BCUT2D eigenvalue weighted by atomic mass is 35.5. The zero-order valence-corrected chi connectivity index (χ0v) is 17.9. The number of aromatic amines is 1. The molecule has 0 atom stereocenters. The topological polar surface area (TPSA) is 87.1 Å². The average molecular weight is 503 g/mol. The Kier molecular flexibility index (Phi) is 9.14. The number of hydrogen-bond donors (Lipinski definition) is 1. The summed E-state index contributed by atoms with van der Waals surface area (Å²) in [5, 5.41) is 8.34. The summed E-state index contributed by atoms with van der Waals surface area (Å²) in [6, 6.07) is -0.493. The summed E-state index contributed by atoms with van der Waals surface area (Å²) in [6.07, 6.45) is -1.81. The lowest BCUT2D eigenvalue weighted by Gasteiger charge is -2.13. The summed E-state index contributed by atoms with van der Waals surface area (Å²) in [5.41, 5.74) is -1.65. The number of nitrogens with zero attached hydrogens (tertiary/aromatic N) is 5. The largest absolute Gasteiger partial charge is 0.419 e. The molecule has 2 aliphatic heterocycles. The first-order chi connectivity index (χ1) is 15.4. The molecule has 33 heavy (non-hydrogen) atoms. The van der Waals surface area contributed by atoms with E-state index in [1.165, 1.54) is 4.90 Å². The van der Waals surface area contributed by atoms with Crippen LogP contribution in [-0.2, 0) is 12.4 Å². The van der Waals surface area contributed by atoms with Crippen LogP contribution in [0.15, 0.2) is 24.8 Å². The minimum absolute atomic E-state index is 0.303. The number of amides is 2. The molecular weight excluding hydrogens is 482 g/mol. The van der Waals surface area contributed by atoms with E-state index < -0.39 is 29.5 Å². The molecule has 2 amide bonds. The van der Waals surface area contributed by atoms with Gasteiger partial charge in [-0.15, -0.1) is 0 Å². The van der Waals surface area contributed by atoms with E-state index in [1.807, 2.05) is 0 Å². The molecule has 0 bridgehead atoms. The molecule has 15 heteroatoms. The molecule has 2 aliphatic rings. The van der Waals surface area contributed by atoms with Crippen molar-refractivity contribution in [1.29, 1.82) is 0 Å². The standard InChI is InChI=1S/C9H10F3N3O.C5H8ClNO.C4H3F3N2/c10-9(11,12)7-5-13-15(6-7)8(16)14-3-1-2-4-14;6-5(8)7-3-1-2-4-7;5-4(6,7)3-1-8-9-2-3/h5-6H,1-4H2;1-4H2;1-2H,(H,8,9). The summed E-state index contributed by atoms with van der Waals surface area (Å²) in [7, 11) is 0. The van der Waals surface area contributed by atoms with Crippen molar-refractivity contribution in [2.75, 3.05) is 26.2 Å². The van der Waals surface area contributed by atoms with Crippen molar-refractivity contribution in [3.63, 3.8) is 0 Å². The SMILES string of the molecule is FC(F)(F)c1cn[nH]c1.O=C(Cl)N1CCCC1.O=C(N1CCCC1)n1cc(C(F)(F)F)cn1. The summed E-state index contributed by atoms with van der Waals surface area (Å²) in [4.78, 5) is 25.1. The second-order valence-corrected chi connectivity index (χ2v) is 7.40. The smallest absolute Gasteiger partial charge is 0.329 e. The number of carbonyl (C=O) groups is 2. The third-order valence-electron chi connectivity index (χ3n) is 4.66. The van der Waals surface area contributed by atoms with E-state index in [9.17, 15) is 35.9 Å². The number of alkyl halides is 6. The van der Waals surface area contributed by atoms with Gasteiger partial charge in [0.05, 0.1) is 23.5 Å². The van der Waals surface area contributed by atoms with Crippen LogP contribution < -0.4 is 0 Å². The van der Waals surface area contributed by atoms with Gasteiger partial charge in [0.1, 0.15) is 0 Å². The molecule has 0 unspecified atom stereocenters. The predicted molar refractivity (Wildman–Crippen MR) is 104 cm³/mol. The third-order valence-corrected chi connectivity index (χ3v) is 4.90. The lowest BCUT2D eigenvalue weighted by molar-refractivity contribution is -0.138. The predicted octanol–water partition coefficient (Wildman–Crippen LogP) is 4.84. The first-order valence-corrected chi connectivity index (χ1v) is 10.2. The van der Waals surface area contributed by atoms with Gasteiger partial charge in [0.15, 0.2) is 0 Å². The Morgan fingerprint density at radius 1 is 0.848 bits per heavy atom. The van der Waals surface area contributed by atoms with Crippen LogP contribution in [0.4, 0.5) is 35.9 Å². The van der Waals surface area contributed by atoms with Crippen molar-refractivity contribution in [3.05, 3.63) is 35.9 Å². The highest BCUT2D eigenvalue weighted by Crippen LogP contribution is 2.29. The molecule has 4 rings (SSSR count). The Balaban J connectivity index is 0.000000192. The third kappa shape index (κ3) is 8.26. The maximum Gasteiger partial charge on any atom is 0.419 e. The van der Waals surface area contributed by atoms with E-state index in [1.54, 1.807) is 4.90 Å². The minimum Gasteiger partial charge on any atom is -0.329 e. The fourth-order valence-corrected chi connectivity index (χ4v) is 3.09. The van der Waals surface area contributed by atoms with Gasteiger partial charge in [-0.25, -0.2) is 4.79 Å². The van der Waals surface area contributed by atoms with Crippen LogP contribution in [0.5, 0.6) is 0 Å². The van der Waals surface area contributed by atoms with Gasteiger partial charge in [-0.1, -0.05) is 0 Å². The molecule has 0 saturated carbocycles. The maximum absolute atomic E-state index is 12.3. The molecule has 2 saturated heterocycles. The number of carbonyl (C=O) groups excluding carboxylic acids is 2. The highest BCUT2D eigenvalue weighted by molar-refractivity contribution is 6.62. The highest BCUT2D eigenvalue weighted by Gasteiger charge is 2.33. The Bertz CT molecular complexity index is 887. The zero-order valence-electron chi connectivity index (χ0n) is 17.2. The minimum atomic E-state index is -4.45. The summed E-state index contributed by atoms with van der Waals surface area (Å²) in [6.45, 7) is 2.87. The lowest BCUT2D eigenvalue weighted by atomic mass is 10.4. The molecule has 0 aliphatic carbocycles. The fraction of sp³-hybridized carbons (Fsp3) is 0.556. The first kappa shape index (κ1) is 26.5. The van der Waals surface area contributed by atoms with E-state index in [4.69, 9.17) is 11.6 Å². The van der Waals surface area contributed by atoms with Crippen molar-refractivity contribution in [1.82, 2.24) is 29.8 Å². The van der Waals surface area contributed by atoms with Gasteiger partial charge in [-0.05, 0) is 37.3 Å². The quantitative estimate of drug-likeness (QED) is 0.317. The number of likely N-dealkylation sites (tertiary alicyclic amines) is 2. The van der Waals surface area contributed by atoms with E-state index in [0.717, 1.165) is 62.0 Å². The van der Waals surface area contributed by atoms with E-state index >= 15 is 0 Å². The molecular formula is C18H21ClF6N6O2. The molecule has 1 N–H and O–H groups in total. The summed E-state index contributed by atoms with van der Waals surface area (Å²) >= 11 is 5.17. The number of nitrogens with one attached hydrogen (secondary N) is 1. The molecule has 0 spiro atoms. The molecule has 4 heterocycles. The molecule has 0 aromatic carbocycles. The van der Waals surface area contributed by atoms with Crippen molar-refractivity contribution in [3.8, 4) is 0 Å². The van der Waals surface area contributed by atoms with Crippen molar-refractivity contribution >= 4 is 23.0 Å². The zero-order chi connectivity index (χ0) is 24.6.